The van der Waals surface area contributed by atoms with Gasteiger partial charge in [-0.2, -0.15) is 0 Å². The number of carboxylic acids is 1. The Kier molecular flexibility index (Phi) is 15.0. The van der Waals surface area contributed by atoms with Crippen LogP contribution in [0.25, 0.3) is 0 Å². The van der Waals surface area contributed by atoms with Gasteiger partial charge in [0.1, 0.15) is 12.6 Å². The van der Waals surface area contributed by atoms with Crippen LogP contribution in [0, 0.1) is 0 Å². The number of aliphatic hydroxyl groups excluding tert-OH is 1. The molecule has 5 heteroatoms. The second-order valence-electron chi connectivity index (χ2n) is 8.75. The molecule has 2 N–H and O–H groups in total. The zero-order valence-corrected chi connectivity index (χ0v) is 17.9. The summed E-state index contributed by atoms with van der Waals surface area (Å²) >= 11 is 0. The molecule has 0 amide bonds. The molecule has 26 heavy (non-hydrogen) atoms. The number of hydrogen-bond acceptors (Lipinski definition) is 3. The summed E-state index contributed by atoms with van der Waals surface area (Å²) < 4.78 is 0.714. The van der Waals surface area contributed by atoms with Gasteiger partial charge in [-0.05, 0) is 13.0 Å². The first kappa shape index (κ1) is 25.4. The van der Waals surface area contributed by atoms with Crippen molar-refractivity contribution in [2.24, 2.45) is 0 Å². The summed E-state index contributed by atoms with van der Waals surface area (Å²) in [6.07, 6.45) is 12.7. The Morgan fingerprint density at radius 1 is 0.885 bits per heavy atom. The third-order valence-corrected chi connectivity index (χ3v) is 4.70. The largest absolute Gasteiger partial charge is 0.481 e. The number of nitrogens with zero attached hydrogens (tertiary/aromatic N) is 2. The minimum Gasteiger partial charge on any atom is -0.481 e. The van der Waals surface area contributed by atoms with E-state index in [2.05, 4.69) is 33.0 Å². The maximum Gasteiger partial charge on any atom is 0.304 e. The second-order valence-corrected chi connectivity index (χ2v) is 8.75. The first-order valence-electron chi connectivity index (χ1n) is 10.7. The third kappa shape index (κ3) is 18.2. The van der Waals surface area contributed by atoms with E-state index in [0.29, 0.717) is 24.1 Å². The highest BCUT2D eigenvalue weighted by molar-refractivity contribution is 5.66. The lowest BCUT2D eigenvalue weighted by Gasteiger charge is -2.30. The van der Waals surface area contributed by atoms with Crippen molar-refractivity contribution in [1.29, 1.82) is 0 Å². The van der Waals surface area contributed by atoms with Crippen LogP contribution in [-0.2, 0) is 4.79 Å². The highest BCUT2D eigenvalue weighted by Gasteiger charge is 2.19. The van der Waals surface area contributed by atoms with Crippen LogP contribution in [0.5, 0.6) is 0 Å². The molecule has 0 bridgehead atoms. The van der Waals surface area contributed by atoms with Crippen molar-refractivity contribution in [3.05, 3.63) is 0 Å². The maximum atomic E-state index is 10.9. The molecule has 1 unspecified atom stereocenters. The molecule has 0 aliphatic carbocycles. The Morgan fingerprint density at radius 2 is 1.38 bits per heavy atom. The minimum atomic E-state index is -0.765. The summed E-state index contributed by atoms with van der Waals surface area (Å²) in [5.41, 5.74) is 0. The van der Waals surface area contributed by atoms with Gasteiger partial charge >= 0.3 is 5.97 Å². The Bertz CT molecular complexity index is 343. The minimum absolute atomic E-state index is 0.148. The standard InChI is InChI=1S/C21H44N2O3/c1-5-6-7-8-9-10-11-12-13-14-16-22(17-15-21(25)26)18-20(24)19-23(2,3)4/h20,24H,5-19H2,1-4H3/p+1. The van der Waals surface area contributed by atoms with E-state index in [1.807, 2.05) is 0 Å². The summed E-state index contributed by atoms with van der Waals surface area (Å²) in [4.78, 5) is 13.0. The number of hydrogen-bond donors (Lipinski definition) is 2. The molecule has 0 saturated carbocycles. The van der Waals surface area contributed by atoms with E-state index < -0.39 is 12.1 Å². The number of aliphatic carboxylic acids is 1. The number of likely N-dealkylation sites (N-methyl/N-ethyl adjacent to an activating group) is 1. The summed E-state index contributed by atoms with van der Waals surface area (Å²) in [6.45, 7) is 4.92. The van der Waals surface area contributed by atoms with Crippen LogP contribution in [0.4, 0.5) is 0 Å². The molecule has 0 spiro atoms. The van der Waals surface area contributed by atoms with Gasteiger partial charge in [0.25, 0.3) is 0 Å². The molecule has 0 radical (unpaired) electrons. The molecule has 0 aromatic rings. The predicted octanol–water partition coefficient (Wildman–Crippen LogP) is 3.75. The average molecular weight is 374 g/mol. The van der Waals surface area contributed by atoms with E-state index in [1.54, 1.807) is 0 Å². The fourth-order valence-corrected chi connectivity index (χ4v) is 3.36. The lowest BCUT2D eigenvalue weighted by molar-refractivity contribution is -0.873. The molecule has 0 fully saturated rings. The van der Waals surface area contributed by atoms with Gasteiger partial charge in [0, 0.05) is 13.1 Å². The van der Waals surface area contributed by atoms with Gasteiger partial charge in [-0.3, -0.25) is 9.69 Å². The first-order valence-corrected chi connectivity index (χ1v) is 10.7. The fourth-order valence-electron chi connectivity index (χ4n) is 3.36. The molecule has 0 aromatic heterocycles. The molecular formula is C21H45N2O3+. The molecule has 156 valence electrons. The van der Waals surface area contributed by atoms with Gasteiger partial charge in [0.05, 0.1) is 27.6 Å². The molecule has 0 aliphatic rings. The Labute approximate surface area is 162 Å². The van der Waals surface area contributed by atoms with Crippen LogP contribution < -0.4 is 0 Å². The highest BCUT2D eigenvalue weighted by atomic mass is 16.4. The second kappa shape index (κ2) is 15.4. The van der Waals surface area contributed by atoms with Crippen LogP contribution in [0.2, 0.25) is 0 Å². The van der Waals surface area contributed by atoms with E-state index in [-0.39, 0.29) is 6.42 Å². The van der Waals surface area contributed by atoms with E-state index >= 15 is 0 Å². The van der Waals surface area contributed by atoms with Gasteiger partial charge in [-0.1, -0.05) is 64.7 Å². The zero-order chi connectivity index (χ0) is 19.8. The molecule has 0 aliphatic heterocycles. The number of carboxylic acid groups (broad SMARTS) is 1. The smallest absolute Gasteiger partial charge is 0.304 e. The van der Waals surface area contributed by atoms with Crippen LogP contribution in [0.1, 0.15) is 77.6 Å². The SMILES string of the molecule is CCCCCCCCCCCCN(CCC(=O)O)CC(O)C[N+](C)(C)C. The first-order chi connectivity index (χ1) is 12.2. The lowest BCUT2D eigenvalue weighted by atomic mass is 10.1. The quantitative estimate of drug-likeness (QED) is 0.284. The van der Waals surface area contributed by atoms with Crippen LogP contribution in [-0.4, -0.2) is 79.0 Å². The Balaban J connectivity index is 3.91. The fraction of sp³-hybridized carbons (Fsp3) is 0.952. The van der Waals surface area contributed by atoms with Gasteiger partial charge < -0.3 is 14.7 Å². The van der Waals surface area contributed by atoms with Gasteiger partial charge in [-0.15, -0.1) is 0 Å². The molecular weight excluding hydrogens is 328 g/mol. The monoisotopic (exact) mass is 373 g/mol. The van der Waals surface area contributed by atoms with E-state index in [0.717, 1.165) is 13.0 Å². The van der Waals surface area contributed by atoms with Crippen molar-refractivity contribution < 1.29 is 19.5 Å². The van der Waals surface area contributed by atoms with Gasteiger partial charge in [0.2, 0.25) is 0 Å². The number of carbonyl (C=O) groups is 1. The van der Waals surface area contributed by atoms with Gasteiger partial charge in [-0.25, -0.2) is 0 Å². The molecule has 0 saturated heterocycles. The topological polar surface area (TPSA) is 60.8 Å². The zero-order valence-electron chi connectivity index (χ0n) is 17.9. The van der Waals surface area contributed by atoms with Crippen molar-refractivity contribution >= 4 is 5.97 Å². The molecule has 1 atom stereocenters. The van der Waals surface area contributed by atoms with E-state index in [4.69, 9.17) is 5.11 Å². The predicted molar refractivity (Wildman–Crippen MR) is 109 cm³/mol. The Hall–Kier alpha value is -0.650. The van der Waals surface area contributed by atoms with Crippen molar-refractivity contribution in [1.82, 2.24) is 4.90 Å². The normalized spacial score (nSPS) is 13.3. The van der Waals surface area contributed by atoms with Crippen molar-refractivity contribution in [2.75, 3.05) is 47.3 Å². The van der Waals surface area contributed by atoms with Crippen molar-refractivity contribution in [3.8, 4) is 0 Å². The molecule has 0 rings (SSSR count). The highest BCUT2D eigenvalue weighted by Crippen LogP contribution is 2.11. The van der Waals surface area contributed by atoms with E-state index in [9.17, 15) is 9.90 Å². The summed E-state index contributed by atoms with van der Waals surface area (Å²) in [5.74, 6) is -0.765. The molecule has 0 heterocycles. The number of quaternary nitrogens is 1. The summed E-state index contributed by atoms with van der Waals surface area (Å²) in [6, 6.07) is 0. The molecule has 5 nitrogen and oxygen atoms in total. The molecule has 0 aromatic carbocycles. The Morgan fingerprint density at radius 3 is 1.85 bits per heavy atom. The number of unbranched alkanes of at least 4 members (excludes halogenated alkanes) is 9. The number of rotatable bonds is 18. The lowest BCUT2D eigenvalue weighted by Crippen LogP contribution is -2.46. The van der Waals surface area contributed by atoms with Crippen molar-refractivity contribution in [2.45, 2.75) is 83.7 Å². The van der Waals surface area contributed by atoms with Crippen LogP contribution in [0.15, 0.2) is 0 Å². The third-order valence-electron chi connectivity index (χ3n) is 4.70. The maximum absolute atomic E-state index is 10.9. The van der Waals surface area contributed by atoms with Crippen molar-refractivity contribution in [3.63, 3.8) is 0 Å². The average Bonchev–Trinajstić information content (AvgIpc) is 2.52. The van der Waals surface area contributed by atoms with E-state index in [1.165, 1.54) is 57.8 Å². The summed E-state index contributed by atoms with van der Waals surface area (Å²) in [5, 5.41) is 19.2. The van der Waals surface area contributed by atoms with Crippen LogP contribution >= 0.6 is 0 Å². The number of aliphatic hydroxyl groups is 1. The van der Waals surface area contributed by atoms with Crippen LogP contribution in [0.3, 0.4) is 0 Å². The summed E-state index contributed by atoms with van der Waals surface area (Å²) in [7, 11) is 6.19. The van der Waals surface area contributed by atoms with Gasteiger partial charge in [0.15, 0.2) is 0 Å².